The Balaban J connectivity index is 1.87. The molecular formula is C26H38O6. The van der Waals surface area contributed by atoms with Crippen molar-refractivity contribution in [2.24, 2.45) is 40.4 Å². The number of ketones is 1. The number of allylic oxidation sites excluding steroid dienone is 1. The predicted molar refractivity (Wildman–Crippen MR) is 119 cm³/mol. The summed E-state index contributed by atoms with van der Waals surface area (Å²) in [6.45, 7) is 11.4. The number of carbonyl (C=O) groups excluding carboxylic acids is 2. The smallest absolute Gasteiger partial charge is 0.309 e. The molecule has 2 fully saturated rings. The van der Waals surface area contributed by atoms with Crippen molar-refractivity contribution in [2.75, 3.05) is 6.61 Å². The number of Topliss-reactive ketones (excluding diaryl/α,β-unsaturated/α-hetero) is 1. The molecule has 0 heterocycles. The van der Waals surface area contributed by atoms with Gasteiger partial charge >= 0.3 is 5.97 Å². The van der Waals surface area contributed by atoms with Crippen molar-refractivity contribution in [3.63, 3.8) is 0 Å². The summed E-state index contributed by atoms with van der Waals surface area (Å²) >= 11 is 0. The van der Waals surface area contributed by atoms with Crippen molar-refractivity contribution >= 4 is 11.8 Å². The Bertz CT molecular complexity index is 883. The lowest BCUT2D eigenvalue weighted by Crippen LogP contribution is -2.66. The van der Waals surface area contributed by atoms with Gasteiger partial charge in [-0.05, 0) is 60.5 Å². The maximum absolute atomic E-state index is 14.2. The molecule has 178 valence electrons. The van der Waals surface area contributed by atoms with E-state index < -0.39 is 41.7 Å². The van der Waals surface area contributed by atoms with Crippen molar-refractivity contribution in [3.8, 4) is 0 Å². The van der Waals surface area contributed by atoms with Gasteiger partial charge in [0.25, 0.3) is 0 Å². The van der Waals surface area contributed by atoms with E-state index in [0.717, 1.165) is 6.42 Å². The van der Waals surface area contributed by atoms with Gasteiger partial charge in [0.15, 0.2) is 17.5 Å². The fraction of sp³-hybridized carbons (Fsp3) is 0.769. The summed E-state index contributed by atoms with van der Waals surface area (Å²) in [7, 11) is 0. The minimum absolute atomic E-state index is 0.0145. The van der Waals surface area contributed by atoms with E-state index in [1.807, 2.05) is 20.8 Å². The van der Waals surface area contributed by atoms with Crippen LogP contribution in [0.15, 0.2) is 23.3 Å². The number of ether oxygens (including phenoxy) is 1. The molecule has 4 rings (SSSR count). The monoisotopic (exact) mass is 446 g/mol. The van der Waals surface area contributed by atoms with Crippen molar-refractivity contribution in [2.45, 2.75) is 78.6 Å². The first-order chi connectivity index (χ1) is 14.9. The van der Waals surface area contributed by atoms with Crippen molar-refractivity contribution in [1.82, 2.24) is 0 Å². The summed E-state index contributed by atoms with van der Waals surface area (Å²) < 4.78 is 5.88. The summed E-state index contributed by atoms with van der Waals surface area (Å²) in [4.78, 5) is 27.2. The Hall–Kier alpha value is -1.50. The van der Waals surface area contributed by atoms with Crippen LogP contribution in [0.2, 0.25) is 0 Å². The second kappa shape index (κ2) is 7.51. The van der Waals surface area contributed by atoms with Crippen LogP contribution in [0.4, 0.5) is 0 Å². The molecule has 3 N–H and O–H groups in total. The Labute approximate surface area is 190 Å². The van der Waals surface area contributed by atoms with Crippen LogP contribution in [0.25, 0.3) is 0 Å². The molecule has 0 aromatic rings. The van der Waals surface area contributed by atoms with E-state index in [-0.39, 0.29) is 34.5 Å². The highest BCUT2D eigenvalue weighted by molar-refractivity contribution is 5.95. The lowest BCUT2D eigenvalue weighted by molar-refractivity contribution is -0.205. The van der Waals surface area contributed by atoms with E-state index in [1.165, 1.54) is 0 Å². The zero-order chi connectivity index (χ0) is 23.8. The lowest BCUT2D eigenvalue weighted by Gasteiger charge is -2.49. The zero-order valence-electron chi connectivity index (χ0n) is 20.1. The standard InChI is InChI=1S/C26H38O6/c1-7-15(8-2)23(30)32-22-13(3)11-25-14(4)9-18-19(24(18,5)6)17(21(25)29)10-16(12-27)20(28)26(22,25)31/h10-11,14-15,17-20,22,27-28,31H,7-9,12H2,1-6H3/t14-,17?,18?,19?,20?,22?,25?,26?/m1/s1. The first-order valence-electron chi connectivity index (χ1n) is 12.1. The van der Waals surface area contributed by atoms with Gasteiger partial charge in [0.2, 0.25) is 0 Å². The summed E-state index contributed by atoms with van der Waals surface area (Å²) in [6, 6.07) is 0. The molecule has 4 aliphatic rings. The van der Waals surface area contributed by atoms with Gasteiger partial charge in [-0.25, -0.2) is 0 Å². The minimum Gasteiger partial charge on any atom is -0.454 e. The van der Waals surface area contributed by atoms with Crippen LogP contribution in [0, 0.1) is 40.4 Å². The third-order valence-electron chi connectivity index (χ3n) is 9.45. The van der Waals surface area contributed by atoms with Gasteiger partial charge in [0.1, 0.15) is 6.10 Å². The maximum Gasteiger partial charge on any atom is 0.309 e. The number of hydrogen-bond acceptors (Lipinski definition) is 6. The van der Waals surface area contributed by atoms with Crippen LogP contribution in [-0.2, 0) is 14.3 Å². The van der Waals surface area contributed by atoms with Gasteiger partial charge in [-0.15, -0.1) is 0 Å². The second-order valence-electron chi connectivity index (χ2n) is 11.2. The number of esters is 1. The summed E-state index contributed by atoms with van der Waals surface area (Å²) in [6.07, 6.45) is 2.76. The molecule has 8 atom stereocenters. The molecule has 32 heavy (non-hydrogen) atoms. The molecule has 0 aromatic heterocycles. The molecular weight excluding hydrogens is 408 g/mol. The van der Waals surface area contributed by atoms with E-state index in [0.29, 0.717) is 24.3 Å². The molecule has 7 unspecified atom stereocenters. The quantitative estimate of drug-likeness (QED) is 0.443. The Morgan fingerprint density at radius 1 is 1.28 bits per heavy atom. The Kier molecular flexibility index (Phi) is 5.55. The number of fused-ring (bicyclic) bond motifs is 3. The van der Waals surface area contributed by atoms with Gasteiger partial charge < -0.3 is 20.1 Å². The van der Waals surface area contributed by atoms with Crippen LogP contribution >= 0.6 is 0 Å². The van der Waals surface area contributed by atoms with Crippen molar-refractivity contribution in [1.29, 1.82) is 0 Å². The number of rotatable bonds is 5. The van der Waals surface area contributed by atoms with Crippen LogP contribution in [0.5, 0.6) is 0 Å². The molecule has 6 nitrogen and oxygen atoms in total. The summed E-state index contributed by atoms with van der Waals surface area (Å²) in [5.74, 6) is -1.21. The largest absolute Gasteiger partial charge is 0.454 e. The Morgan fingerprint density at radius 2 is 1.91 bits per heavy atom. The molecule has 0 amide bonds. The van der Waals surface area contributed by atoms with Gasteiger partial charge in [-0.1, -0.05) is 46.8 Å². The van der Waals surface area contributed by atoms with Crippen LogP contribution < -0.4 is 0 Å². The van der Waals surface area contributed by atoms with E-state index in [1.54, 1.807) is 19.1 Å². The fourth-order valence-corrected chi connectivity index (χ4v) is 7.43. The maximum atomic E-state index is 14.2. The molecule has 0 aliphatic heterocycles. The third kappa shape index (κ3) is 2.75. The molecule has 2 saturated carbocycles. The molecule has 1 spiro atoms. The minimum atomic E-state index is -2.06. The highest BCUT2D eigenvalue weighted by Crippen LogP contribution is 2.71. The van der Waals surface area contributed by atoms with E-state index in [4.69, 9.17) is 4.74 Å². The SMILES string of the molecule is CCC(CC)C(=O)OC1C(C)=CC23C(=O)C(C=C(CO)C(O)C12O)C1C(C[C@H]3C)C1(C)C. The average molecular weight is 447 g/mol. The Morgan fingerprint density at radius 3 is 2.47 bits per heavy atom. The molecule has 4 aliphatic carbocycles. The topological polar surface area (TPSA) is 104 Å². The predicted octanol–water partition coefficient (Wildman–Crippen LogP) is 2.80. The van der Waals surface area contributed by atoms with Gasteiger partial charge in [0.05, 0.1) is 17.9 Å². The molecule has 2 bridgehead atoms. The zero-order valence-corrected chi connectivity index (χ0v) is 20.1. The van der Waals surface area contributed by atoms with Gasteiger partial charge in [0, 0.05) is 5.92 Å². The lowest BCUT2D eigenvalue weighted by atomic mass is 9.59. The van der Waals surface area contributed by atoms with Gasteiger partial charge in [-0.2, -0.15) is 0 Å². The van der Waals surface area contributed by atoms with Crippen molar-refractivity contribution in [3.05, 3.63) is 23.3 Å². The average Bonchev–Trinajstić information content (AvgIpc) is 3.23. The first-order valence-corrected chi connectivity index (χ1v) is 12.1. The highest BCUT2D eigenvalue weighted by atomic mass is 16.6. The highest BCUT2D eigenvalue weighted by Gasteiger charge is 2.76. The third-order valence-corrected chi connectivity index (χ3v) is 9.45. The number of aliphatic hydroxyl groups excluding tert-OH is 2. The first kappa shape index (κ1) is 23.7. The van der Waals surface area contributed by atoms with Crippen LogP contribution in [0.1, 0.15) is 60.8 Å². The molecule has 0 aromatic carbocycles. The van der Waals surface area contributed by atoms with Gasteiger partial charge in [-0.3, -0.25) is 9.59 Å². The van der Waals surface area contributed by atoms with Crippen molar-refractivity contribution < 1.29 is 29.6 Å². The molecule has 0 saturated heterocycles. The normalized spacial score (nSPS) is 44.1. The fourth-order valence-electron chi connectivity index (χ4n) is 7.43. The van der Waals surface area contributed by atoms with E-state index in [2.05, 4.69) is 13.8 Å². The molecule has 6 heteroatoms. The summed E-state index contributed by atoms with van der Waals surface area (Å²) in [5, 5.41) is 33.9. The van der Waals surface area contributed by atoms with E-state index >= 15 is 0 Å². The summed E-state index contributed by atoms with van der Waals surface area (Å²) in [5.41, 5.74) is -2.63. The van der Waals surface area contributed by atoms with Crippen LogP contribution in [-0.4, -0.2) is 51.5 Å². The molecule has 0 radical (unpaired) electrons. The number of carbonyl (C=O) groups is 2. The number of aliphatic hydroxyl groups is 3. The second-order valence-corrected chi connectivity index (χ2v) is 11.2. The van der Waals surface area contributed by atoms with E-state index in [9.17, 15) is 24.9 Å². The number of hydrogen-bond donors (Lipinski definition) is 3. The van der Waals surface area contributed by atoms with Crippen LogP contribution in [0.3, 0.4) is 0 Å².